The summed E-state index contributed by atoms with van der Waals surface area (Å²) < 4.78 is 0. The van der Waals surface area contributed by atoms with Crippen molar-refractivity contribution in [1.82, 2.24) is 21.3 Å². The van der Waals surface area contributed by atoms with Gasteiger partial charge in [-0.15, -0.1) is 0 Å². The first-order chi connectivity index (χ1) is 17.3. The maximum Gasteiger partial charge on any atom is 0.328 e. The lowest BCUT2D eigenvalue weighted by atomic mass is 10.1. The number of carboxylic acid groups (broad SMARTS) is 1. The monoisotopic (exact) mass is 534 g/mol. The summed E-state index contributed by atoms with van der Waals surface area (Å²) in [4.78, 5) is 72.7. The van der Waals surface area contributed by atoms with Gasteiger partial charge < -0.3 is 59.5 Å². The van der Waals surface area contributed by atoms with Crippen molar-refractivity contribution in [3.8, 4) is 0 Å². The average molecular weight is 535 g/mol. The number of hydrogen-bond acceptors (Lipinski definition) is 11. The fourth-order valence-electron chi connectivity index (χ4n) is 2.96. The molecule has 0 rings (SSSR count). The average Bonchev–Trinajstić information content (AvgIpc) is 2.82. The number of aliphatic carboxylic acids is 1. The van der Waals surface area contributed by atoms with Crippen molar-refractivity contribution < 1.29 is 44.1 Å². The van der Waals surface area contributed by atoms with Crippen LogP contribution >= 0.6 is 0 Å². The maximum atomic E-state index is 12.9. The van der Waals surface area contributed by atoms with E-state index in [1.54, 1.807) is 0 Å². The number of nitrogens with two attached hydrogens (primary N) is 4. The third-order valence-electron chi connectivity index (χ3n) is 5.07. The number of carbonyl (C=O) groups is 6. The number of aliphatic hydroxyl groups excluding tert-OH is 2. The van der Waals surface area contributed by atoms with Crippen molar-refractivity contribution in [3.05, 3.63) is 0 Å². The Labute approximate surface area is 213 Å². The number of primary amides is 1. The van der Waals surface area contributed by atoms with Crippen molar-refractivity contribution in [2.24, 2.45) is 22.9 Å². The molecule has 0 spiro atoms. The molecule has 5 amide bonds. The topological polar surface area (TPSA) is 315 Å². The van der Waals surface area contributed by atoms with Crippen LogP contribution in [0.15, 0.2) is 0 Å². The molecule has 0 aliphatic heterocycles. The molecule has 0 aromatic rings. The zero-order valence-electron chi connectivity index (χ0n) is 20.5. The van der Waals surface area contributed by atoms with Gasteiger partial charge in [0.05, 0.1) is 18.8 Å². The number of nitrogens with one attached hydrogen (secondary N) is 4. The largest absolute Gasteiger partial charge is 0.480 e. The Kier molecular flexibility index (Phi) is 15.6. The summed E-state index contributed by atoms with van der Waals surface area (Å²) in [6.45, 7) is 0.209. The highest BCUT2D eigenvalue weighted by atomic mass is 16.4. The highest BCUT2D eigenvalue weighted by molar-refractivity contribution is 5.95. The summed E-state index contributed by atoms with van der Waals surface area (Å²) >= 11 is 0. The quantitative estimate of drug-likeness (QED) is 0.0782. The van der Waals surface area contributed by atoms with E-state index in [4.69, 9.17) is 33.1 Å². The molecule has 0 aliphatic rings. The van der Waals surface area contributed by atoms with Crippen LogP contribution in [0.2, 0.25) is 0 Å². The lowest BCUT2D eigenvalue weighted by Gasteiger charge is -2.27. The first-order valence-electron chi connectivity index (χ1n) is 11.5. The first-order valence-corrected chi connectivity index (χ1v) is 11.5. The molecule has 17 nitrogen and oxygen atoms in total. The zero-order chi connectivity index (χ0) is 28.7. The van der Waals surface area contributed by atoms with Crippen LogP contribution in [-0.2, 0) is 28.8 Å². The Hall–Kier alpha value is -3.38. The van der Waals surface area contributed by atoms with E-state index in [1.807, 2.05) is 5.32 Å². The maximum absolute atomic E-state index is 12.9. The van der Waals surface area contributed by atoms with E-state index in [9.17, 15) is 33.9 Å². The van der Waals surface area contributed by atoms with Gasteiger partial charge in [-0.05, 0) is 39.3 Å². The predicted octanol–water partition coefficient (Wildman–Crippen LogP) is -6.33. The van der Waals surface area contributed by atoms with E-state index in [2.05, 4.69) is 16.0 Å². The van der Waals surface area contributed by atoms with Gasteiger partial charge in [-0.2, -0.15) is 0 Å². The number of rotatable bonds is 18. The number of amides is 5. The Morgan fingerprint density at radius 3 is 1.70 bits per heavy atom. The molecule has 0 saturated carbocycles. The van der Waals surface area contributed by atoms with E-state index < -0.39 is 78.4 Å². The van der Waals surface area contributed by atoms with Gasteiger partial charge in [-0.25, -0.2) is 4.79 Å². The summed E-state index contributed by atoms with van der Waals surface area (Å²) in [6.07, 6.45) is -2.01. The molecule has 0 aromatic carbocycles. The van der Waals surface area contributed by atoms with E-state index in [0.717, 1.165) is 6.92 Å². The van der Waals surface area contributed by atoms with Gasteiger partial charge >= 0.3 is 5.97 Å². The second-order valence-electron chi connectivity index (χ2n) is 8.20. The van der Waals surface area contributed by atoms with Gasteiger partial charge in [0.15, 0.2) is 0 Å². The van der Waals surface area contributed by atoms with E-state index in [1.165, 1.54) is 0 Å². The van der Waals surface area contributed by atoms with E-state index in [0.29, 0.717) is 0 Å². The molecular weight excluding hydrogens is 496 g/mol. The van der Waals surface area contributed by atoms with Crippen molar-refractivity contribution in [1.29, 1.82) is 0 Å². The minimum absolute atomic E-state index is 0.102. The van der Waals surface area contributed by atoms with Crippen molar-refractivity contribution in [2.45, 2.75) is 68.9 Å². The second-order valence-corrected chi connectivity index (χ2v) is 8.20. The van der Waals surface area contributed by atoms with Crippen LogP contribution in [0.3, 0.4) is 0 Å². The fourth-order valence-corrected chi connectivity index (χ4v) is 2.96. The molecule has 0 bridgehead atoms. The Bertz CT molecular complexity index is 811. The molecular formula is C20H38N8O9. The van der Waals surface area contributed by atoms with Gasteiger partial charge in [0.2, 0.25) is 29.5 Å². The second kappa shape index (κ2) is 17.1. The lowest BCUT2D eigenvalue weighted by molar-refractivity contribution is -0.144. The molecule has 0 heterocycles. The van der Waals surface area contributed by atoms with Gasteiger partial charge in [-0.3, -0.25) is 24.0 Å². The first kappa shape index (κ1) is 33.6. The van der Waals surface area contributed by atoms with E-state index >= 15 is 0 Å². The SMILES string of the molecule is C[C@@H](O)[C@H](NC(=O)[C@H](CCN)NC(=O)[C@H](CCC(N)=O)NC(=O)[C@@H](N)CCN)C(=O)N[C@@H](CO)C(=O)O. The van der Waals surface area contributed by atoms with Crippen LogP contribution < -0.4 is 44.2 Å². The number of aliphatic hydroxyl groups is 2. The minimum atomic E-state index is -1.69. The molecule has 6 atom stereocenters. The van der Waals surface area contributed by atoms with Crippen LogP contribution in [0.25, 0.3) is 0 Å². The molecule has 212 valence electrons. The molecule has 0 unspecified atom stereocenters. The van der Waals surface area contributed by atoms with Gasteiger partial charge in [0, 0.05) is 6.42 Å². The Balaban J connectivity index is 5.61. The molecule has 0 aromatic heterocycles. The van der Waals surface area contributed by atoms with Crippen molar-refractivity contribution >= 4 is 35.5 Å². The van der Waals surface area contributed by atoms with Crippen LogP contribution in [0, 0.1) is 0 Å². The summed E-state index contributed by atoms with van der Waals surface area (Å²) in [5.74, 6) is -5.97. The molecule has 0 saturated heterocycles. The molecule has 37 heavy (non-hydrogen) atoms. The van der Waals surface area contributed by atoms with Crippen LogP contribution in [-0.4, -0.2) is 107 Å². The summed E-state index contributed by atoms with van der Waals surface area (Å²) in [5, 5.41) is 36.9. The van der Waals surface area contributed by atoms with Gasteiger partial charge in [0.1, 0.15) is 24.2 Å². The van der Waals surface area contributed by atoms with Crippen molar-refractivity contribution in [2.75, 3.05) is 19.7 Å². The summed E-state index contributed by atoms with van der Waals surface area (Å²) in [5.41, 5.74) is 21.7. The fraction of sp³-hybridized carbons (Fsp3) is 0.700. The smallest absolute Gasteiger partial charge is 0.328 e. The lowest BCUT2D eigenvalue weighted by Crippen LogP contribution is -2.61. The zero-order valence-corrected chi connectivity index (χ0v) is 20.5. The molecule has 0 aliphatic carbocycles. The van der Waals surface area contributed by atoms with Crippen LogP contribution in [0.1, 0.15) is 32.6 Å². The van der Waals surface area contributed by atoms with Crippen molar-refractivity contribution in [3.63, 3.8) is 0 Å². The normalized spacial score (nSPS) is 15.7. The Morgan fingerprint density at radius 1 is 0.757 bits per heavy atom. The molecule has 0 fully saturated rings. The van der Waals surface area contributed by atoms with Crippen LogP contribution in [0.5, 0.6) is 0 Å². The van der Waals surface area contributed by atoms with E-state index in [-0.39, 0.29) is 38.8 Å². The molecule has 15 N–H and O–H groups in total. The minimum Gasteiger partial charge on any atom is -0.480 e. The number of carbonyl (C=O) groups excluding carboxylic acids is 5. The Morgan fingerprint density at radius 2 is 1.24 bits per heavy atom. The summed E-state index contributed by atoms with van der Waals surface area (Å²) in [7, 11) is 0. The predicted molar refractivity (Wildman–Crippen MR) is 128 cm³/mol. The molecule has 17 heteroatoms. The highest BCUT2D eigenvalue weighted by Crippen LogP contribution is 2.03. The number of carboxylic acids is 1. The number of hydrogen-bond donors (Lipinski definition) is 11. The highest BCUT2D eigenvalue weighted by Gasteiger charge is 2.33. The van der Waals surface area contributed by atoms with Gasteiger partial charge in [0.25, 0.3) is 0 Å². The third-order valence-corrected chi connectivity index (χ3v) is 5.07. The van der Waals surface area contributed by atoms with Crippen LogP contribution in [0.4, 0.5) is 0 Å². The third kappa shape index (κ3) is 12.4. The molecule has 0 radical (unpaired) electrons. The standard InChI is InChI=1S/C20H38N8O9/c1-9(30)15(19(35)27-13(8-29)20(36)37)28-18(34)12(5-7-22)26-17(33)11(2-3-14(24)31)25-16(32)10(23)4-6-21/h9-13,15,29-30H,2-8,21-23H2,1H3,(H2,24,31)(H,25,32)(H,26,33)(H,27,35)(H,28,34)(H,36,37)/t9-,10+,11+,12+,13+,15+/m1/s1. The van der Waals surface area contributed by atoms with Gasteiger partial charge in [-0.1, -0.05) is 0 Å². The summed E-state index contributed by atoms with van der Waals surface area (Å²) in [6, 6.07) is -7.04.